The second-order valence-corrected chi connectivity index (χ2v) is 3.98. The van der Waals surface area contributed by atoms with E-state index >= 15 is 0 Å². The summed E-state index contributed by atoms with van der Waals surface area (Å²) in [7, 11) is 0. The molecule has 1 aromatic carbocycles. The first-order valence-electron chi connectivity index (χ1n) is 5.25. The molecule has 0 aliphatic rings. The van der Waals surface area contributed by atoms with Gasteiger partial charge in [-0.05, 0) is 12.5 Å². The van der Waals surface area contributed by atoms with E-state index in [4.69, 9.17) is 0 Å². The second kappa shape index (κ2) is 4.45. The van der Waals surface area contributed by atoms with Gasteiger partial charge in [0.1, 0.15) is 5.56 Å². The molecule has 2 N–H and O–H groups in total. The van der Waals surface area contributed by atoms with Crippen LogP contribution >= 0.6 is 0 Å². The van der Waals surface area contributed by atoms with Crippen LogP contribution in [0.25, 0.3) is 11.3 Å². The molecule has 0 amide bonds. The summed E-state index contributed by atoms with van der Waals surface area (Å²) < 4.78 is 38.3. The number of halogens is 3. The summed E-state index contributed by atoms with van der Waals surface area (Å²) >= 11 is 0. The monoisotopic (exact) mass is 256 g/mol. The number of aliphatic hydroxyl groups excluding tert-OH is 1. The van der Waals surface area contributed by atoms with Crippen molar-refractivity contribution in [2.24, 2.45) is 0 Å². The number of aromatic nitrogens is 2. The first-order valence-corrected chi connectivity index (χ1v) is 5.25. The first kappa shape index (κ1) is 12.6. The molecule has 0 radical (unpaired) electrons. The van der Waals surface area contributed by atoms with Gasteiger partial charge in [-0.2, -0.15) is 18.3 Å². The van der Waals surface area contributed by atoms with Gasteiger partial charge in [0.25, 0.3) is 0 Å². The maximum absolute atomic E-state index is 12.8. The third-order valence-corrected chi connectivity index (χ3v) is 2.65. The summed E-state index contributed by atoms with van der Waals surface area (Å²) in [6, 6.07) is 4.88. The number of hydrogen-bond acceptors (Lipinski definition) is 2. The van der Waals surface area contributed by atoms with E-state index in [1.165, 1.54) is 0 Å². The van der Waals surface area contributed by atoms with Crippen LogP contribution in [0.1, 0.15) is 16.7 Å². The van der Waals surface area contributed by atoms with Crippen LogP contribution in [0.4, 0.5) is 13.2 Å². The average Bonchev–Trinajstić information content (AvgIpc) is 2.77. The lowest BCUT2D eigenvalue weighted by Crippen LogP contribution is -2.06. The summed E-state index contributed by atoms with van der Waals surface area (Å²) in [4.78, 5) is 0. The number of nitrogens with one attached hydrogen (secondary N) is 1. The third kappa shape index (κ3) is 2.24. The van der Waals surface area contributed by atoms with Gasteiger partial charge in [0.15, 0.2) is 0 Å². The maximum Gasteiger partial charge on any atom is 0.420 e. The molecule has 0 aliphatic heterocycles. The van der Waals surface area contributed by atoms with Crippen molar-refractivity contribution < 1.29 is 18.3 Å². The van der Waals surface area contributed by atoms with Gasteiger partial charge in [-0.25, -0.2) is 0 Å². The number of nitrogens with zero attached hydrogens (tertiary/aromatic N) is 1. The Balaban J connectivity index is 2.59. The molecule has 0 saturated carbocycles. The van der Waals surface area contributed by atoms with E-state index in [0.29, 0.717) is 11.1 Å². The molecule has 0 unspecified atom stereocenters. The number of hydrogen-bond donors (Lipinski definition) is 2. The highest BCUT2D eigenvalue weighted by atomic mass is 19.4. The molecule has 2 rings (SSSR count). The average molecular weight is 256 g/mol. The Morgan fingerprint density at radius 1 is 1.33 bits per heavy atom. The largest absolute Gasteiger partial charge is 0.420 e. The number of benzene rings is 1. The SMILES string of the molecule is Cc1ccc(-c2[nH]ncc2C(F)(F)F)c(CO)c1. The van der Waals surface area contributed by atoms with Crippen LogP contribution in [0.3, 0.4) is 0 Å². The Labute approximate surface area is 101 Å². The predicted octanol–water partition coefficient (Wildman–Crippen LogP) is 2.90. The van der Waals surface area contributed by atoms with Gasteiger partial charge in [0.05, 0.1) is 18.5 Å². The molecule has 96 valence electrons. The zero-order valence-electron chi connectivity index (χ0n) is 9.54. The number of rotatable bonds is 2. The van der Waals surface area contributed by atoms with Crippen LogP contribution in [0.15, 0.2) is 24.4 Å². The van der Waals surface area contributed by atoms with Crippen molar-refractivity contribution in [2.75, 3.05) is 0 Å². The summed E-state index contributed by atoms with van der Waals surface area (Å²) in [6.45, 7) is 1.48. The quantitative estimate of drug-likeness (QED) is 0.868. The topological polar surface area (TPSA) is 48.9 Å². The van der Waals surface area contributed by atoms with Gasteiger partial charge < -0.3 is 5.11 Å². The number of aryl methyl sites for hydroxylation is 1. The number of H-pyrrole nitrogens is 1. The number of aromatic amines is 1. The van der Waals surface area contributed by atoms with E-state index in [-0.39, 0.29) is 12.3 Å². The van der Waals surface area contributed by atoms with Crippen molar-refractivity contribution in [3.8, 4) is 11.3 Å². The summed E-state index contributed by atoms with van der Waals surface area (Å²) in [5.41, 5.74) is 0.668. The summed E-state index contributed by atoms with van der Waals surface area (Å²) in [5, 5.41) is 15.0. The molecule has 0 atom stereocenters. The molecule has 0 fully saturated rings. The molecular formula is C12H11F3N2O. The molecule has 0 bridgehead atoms. The lowest BCUT2D eigenvalue weighted by molar-refractivity contribution is -0.137. The van der Waals surface area contributed by atoms with Crippen LogP contribution in [-0.2, 0) is 12.8 Å². The molecule has 6 heteroatoms. The number of alkyl halides is 3. The van der Waals surface area contributed by atoms with Gasteiger partial charge in [-0.3, -0.25) is 5.10 Å². The van der Waals surface area contributed by atoms with Crippen LogP contribution in [0, 0.1) is 6.92 Å². The Hall–Kier alpha value is -1.82. The molecule has 1 heterocycles. The molecule has 2 aromatic rings. The Morgan fingerprint density at radius 2 is 2.06 bits per heavy atom. The van der Waals surface area contributed by atoms with Gasteiger partial charge in [0, 0.05) is 5.56 Å². The minimum Gasteiger partial charge on any atom is -0.392 e. The lowest BCUT2D eigenvalue weighted by atomic mass is 10.00. The molecule has 1 aromatic heterocycles. The van der Waals surface area contributed by atoms with Crippen molar-refractivity contribution in [3.05, 3.63) is 41.1 Å². The second-order valence-electron chi connectivity index (χ2n) is 3.98. The lowest BCUT2D eigenvalue weighted by Gasteiger charge is -2.10. The van der Waals surface area contributed by atoms with Crippen LogP contribution < -0.4 is 0 Å². The van der Waals surface area contributed by atoms with E-state index in [1.807, 2.05) is 0 Å². The zero-order chi connectivity index (χ0) is 13.3. The predicted molar refractivity (Wildman–Crippen MR) is 59.7 cm³/mol. The van der Waals surface area contributed by atoms with E-state index in [0.717, 1.165) is 11.8 Å². The van der Waals surface area contributed by atoms with Gasteiger partial charge >= 0.3 is 6.18 Å². The van der Waals surface area contributed by atoms with Crippen molar-refractivity contribution in [1.29, 1.82) is 0 Å². The highest BCUT2D eigenvalue weighted by Gasteiger charge is 2.35. The van der Waals surface area contributed by atoms with E-state index in [2.05, 4.69) is 10.2 Å². The van der Waals surface area contributed by atoms with Crippen molar-refractivity contribution in [2.45, 2.75) is 19.7 Å². The summed E-state index contributed by atoms with van der Waals surface area (Å²) in [5.74, 6) is 0. The van der Waals surface area contributed by atoms with Crippen molar-refractivity contribution in [3.63, 3.8) is 0 Å². The number of aliphatic hydroxyl groups is 1. The zero-order valence-corrected chi connectivity index (χ0v) is 9.54. The maximum atomic E-state index is 12.8. The van der Waals surface area contributed by atoms with Crippen LogP contribution in [-0.4, -0.2) is 15.3 Å². The molecular weight excluding hydrogens is 245 g/mol. The summed E-state index contributed by atoms with van der Waals surface area (Å²) in [6.07, 6.45) is -3.73. The Kier molecular flexibility index (Phi) is 3.13. The van der Waals surface area contributed by atoms with Gasteiger partial charge in [0.2, 0.25) is 0 Å². The minimum atomic E-state index is -4.47. The van der Waals surface area contributed by atoms with Gasteiger partial charge in [-0.1, -0.05) is 23.8 Å². The fourth-order valence-electron chi connectivity index (χ4n) is 1.80. The van der Waals surface area contributed by atoms with E-state index < -0.39 is 11.7 Å². The normalized spacial score (nSPS) is 11.8. The highest BCUT2D eigenvalue weighted by Crippen LogP contribution is 2.36. The van der Waals surface area contributed by atoms with Crippen molar-refractivity contribution >= 4 is 0 Å². The first-order chi connectivity index (χ1) is 8.43. The fraction of sp³-hybridized carbons (Fsp3) is 0.250. The molecule has 0 saturated heterocycles. The highest BCUT2D eigenvalue weighted by molar-refractivity contribution is 5.67. The van der Waals surface area contributed by atoms with E-state index in [1.54, 1.807) is 25.1 Å². The molecule has 0 aliphatic carbocycles. The standard InChI is InChI=1S/C12H11F3N2O/c1-7-2-3-9(8(4-7)6-18)11-10(5-16-17-11)12(13,14)15/h2-5,18H,6H2,1H3,(H,16,17). The Bertz CT molecular complexity index is 561. The van der Waals surface area contributed by atoms with E-state index in [9.17, 15) is 18.3 Å². The molecule has 0 spiro atoms. The smallest absolute Gasteiger partial charge is 0.392 e. The molecule has 18 heavy (non-hydrogen) atoms. The van der Waals surface area contributed by atoms with Crippen molar-refractivity contribution in [1.82, 2.24) is 10.2 Å². The van der Waals surface area contributed by atoms with Crippen LogP contribution in [0.5, 0.6) is 0 Å². The third-order valence-electron chi connectivity index (χ3n) is 2.65. The van der Waals surface area contributed by atoms with Crippen LogP contribution in [0.2, 0.25) is 0 Å². The minimum absolute atomic E-state index is 0.119. The molecule has 3 nitrogen and oxygen atoms in total. The van der Waals surface area contributed by atoms with Gasteiger partial charge in [-0.15, -0.1) is 0 Å². The Morgan fingerprint density at radius 3 is 2.67 bits per heavy atom. The fourth-order valence-corrected chi connectivity index (χ4v) is 1.80.